The lowest BCUT2D eigenvalue weighted by Crippen LogP contribution is -2.38. The summed E-state index contributed by atoms with van der Waals surface area (Å²) >= 11 is 0. The highest BCUT2D eigenvalue weighted by molar-refractivity contribution is 5.84. The van der Waals surface area contributed by atoms with E-state index in [4.69, 9.17) is 4.74 Å². The van der Waals surface area contributed by atoms with Gasteiger partial charge in [0, 0.05) is 18.9 Å². The van der Waals surface area contributed by atoms with E-state index in [0.29, 0.717) is 35.6 Å². The van der Waals surface area contributed by atoms with E-state index in [0.717, 1.165) is 31.6 Å². The Kier molecular flexibility index (Phi) is 8.68. The number of ether oxygens (including phenoxy) is 1. The fourth-order valence-corrected chi connectivity index (χ4v) is 6.57. The number of methoxy groups -OCH3 is 1. The van der Waals surface area contributed by atoms with Crippen LogP contribution in [0.5, 0.6) is 0 Å². The number of hydrogen-bond donors (Lipinski definition) is 0. The van der Waals surface area contributed by atoms with E-state index in [1.54, 1.807) is 0 Å². The molecule has 3 aliphatic carbocycles. The first-order valence-electron chi connectivity index (χ1n) is 12.3. The monoisotopic (exact) mass is 376 g/mol. The van der Waals surface area contributed by atoms with Gasteiger partial charge in [0.05, 0.1) is 6.10 Å². The van der Waals surface area contributed by atoms with Crippen LogP contribution in [0.3, 0.4) is 0 Å². The third-order valence-corrected chi connectivity index (χ3v) is 8.25. The largest absolute Gasteiger partial charge is 0.381 e. The van der Waals surface area contributed by atoms with E-state index in [9.17, 15) is 4.79 Å². The maximum Gasteiger partial charge on any atom is 0.139 e. The van der Waals surface area contributed by atoms with Crippen LogP contribution >= 0.6 is 0 Å². The molecule has 27 heavy (non-hydrogen) atoms. The molecule has 2 nitrogen and oxygen atoms in total. The molecule has 0 aromatic heterocycles. The summed E-state index contributed by atoms with van der Waals surface area (Å²) in [7, 11) is 1.83. The van der Waals surface area contributed by atoms with Gasteiger partial charge in [-0.25, -0.2) is 0 Å². The maximum atomic E-state index is 13.8. The summed E-state index contributed by atoms with van der Waals surface area (Å²) in [6, 6.07) is 0. The van der Waals surface area contributed by atoms with Gasteiger partial charge in [-0.15, -0.1) is 0 Å². The van der Waals surface area contributed by atoms with Crippen LogP contribution in [0.25, 0.3) is 0 Å². The normalized spacial score (nSPS) is 38.3. The molecule has 0 saturated heterocycles. The van der Waals surface area contributed by atoms with E-state index < -0.39 is 0 Å². The van der Waals surface area contributed by atoms with Crippen LogP contribution < -0.4 is 0 Å². The fraction of sp³-hybridized carbons (Fsp3) is 0.960. The van der Waals surface area contributed by atoms with Crippen molar-refractivity contribution in [3.05, 3.63) is 0 Å². The van der Waals surface area contributed by atoms with E-state index >= 15 is 0 Å². The number of carbonyl (C=O) groups is 1. The average molecular weight is 377 g/mol. The van der Waals surface area contributed by atoms with E-state index in [1.165, 1.54) is 77.0 Å². The van der Waals surface area contributed by atoms with Crippen LogP contribution in [0.15, 0.2) is 0 Å². The molecule has 3 rings (SSSR count). The molecule has 156 valence electrons. The molecule has 0 spiro atoms. The van der Waals surface area contributed by atoms with Gasteiger partial charge in [0.15, 0.2) is 0 Å². The third kappa shape index (κ3) is 5.81. The molecule has 2 bridgehead atoms. The summed E-state index contributed by atoms with van der Waals surface area (Å²) in [5.74, 6) is 3.67. The smallest absolute Gasteiger partial charge is 0.139 e. The molecule has 3 fully saturated rings. The van der Waals surface area contributed by atoms with Gasteiger partial charge in [-0.1, -0.05) is 58.3 Å². The molecule has 0 aromatic rings. The zero-order chi connectivity index (χ0) is 19.1. The Bertz CT molecular complexity index is 438. The van der Waals surface area contributed by atoms with Crippen molar-refractivity contribution in [3.8, 4) is 0 Å². The zero-order valence-electron chi connectivity index (χ0n) is 18.1. The molecule has 4 atom stereocenters. The van der Waals surface area contributed by atoms with Gasteiger partial charge in [-0.3, -0.25) is 4.79 Å². The molecule has 0 N–H and O–H groups in total. The van der Waals surface area contributed by atoms with Gasteiger partial charge >= 0.3 is 0 Å². The molecule has 0 radical (unpaired) electrons. The van der Waals surface area contributed by atoms with Crippen molar-refractivity contribution in [1.82, 2.24) is 0 Å². The first-order chi connectivity index (χ1) is 13.2. The predicted octanol–water partition coefficient (Wildman–Crippen LogP) is 6.95. The summed E-state index contributed by atoms with van der Waals surface area (Å²) in [6.07, 6.45) is 21.0. The van der Waals surface area contributed by atoms with Crippen LogP contribution in [0.4, 0.5) is 0 Å². The fourth-order valence-electron chi connectivity index (χ4n) is 6.57. The van der Waals surface area contributed by atoms with E-state index in [1.807, 2.05) is 7.11 Å². The zero-order valence-corrected chi connectivity index (χ0v) is 18.1. The standard InChI is InChI=1S/C25H44O2/c1-3-4-10-20-12-7-9-19-8-5-6-11-21(14-13-19)24(20)25(26)22-15-17-23(27-2)18-16-22/h19-24H,3-18H2,1-2H3. The second-order valence-electron chi connectivity index (χ2n) is 9.96. The number of carbonyl (C=O) groups excluding carboxylic acids is 1. The highest BCUT2D eigenvalue weighted by atomic mass is 16.5. The Balaban J connectivity index is 1.76. The number of fused-ring (bicyclic) bond motifs is 3. The first kappa shape index (κ1) is 21.3. The van der Waals surface area contributed by atoms with E-state index in [2.05, 4.69) is 6.92 Å². The summed E-state index contributed by atoms with van der Waals surface area (Å²) < 4.78 is 5.56. The Morgan fingerprint density at radius 2 is 1.59 bits per heavy atom. The lowest BCUT2D eigenvalue weighted by molar-refractivity contribution is -0.133. The number of unbranched alkanes of at least 4 members (excludes halogenated alkanes) is 1. The number of Topliss-reactive ketones (excluding diaryl/α,β-unsaturated/α-hetero) is 1. The van der Waals surface area contributed by atoms with Crippen molar-refractivity contribution in [2.24, 2.45) is 29.6 Å². The lowest BCUT2D eigenvalue weighted by atomic mass is 9.67. The van der Waals surface area contributed by atoms with Crippen LogP contribution in [-0.2, 0) is 9.53 Å². The molecule has 4 unspecified atom stereocenters. The predicted molar refractivity (Wildman–Crippen MR) is 113 cm³/mol. The Hall–Kier alpha value is -0.370. The summed E-state index contributed by atoms with van der Waals surface area (Å²) in [4.78, 5) is 13.8. The van der Waals surface area contributed by atoms with Crippen molar-refractivity contribution >= 4 is 5.78 Å². The highest BCUT2D eigenvalue weighted by Crippen LogP contribution is 2.44. The molecule has 2 heteroatoms. The van der Waals surface area contributed by atoms with Crippen LogP contribution in [-0.4, -0.2) is 19.0 Å². The van der Waals surface area contributed by atoms with Crippen LogP contribution in [0.2, 0.25) is 0 Å². The number of hydrogen-bond acceptors (Lipinski definition) is 2. The van der Waals surface area contributed by atoms with Gasteiger partial charge in [0.1, 0.15) is 5.78 Å². The van der Waals surface area contributed by atoms with E-state index in [-0.39, 0.29) is 0 Å². The van der Waals surface area contributed by atoms with Gasteiger partial charge in [-0.05, 0) is 69.1 Å². The summed E-state index contributed by atoms with van der Waals surface area (Å²) in [5, 5.41) is 0. The van der Waals surface area contributed by atoms with Crippen molar-refractivity contribution in [2.75, 3.05) is 7.11 Å². The second kappa shape index (κ2) is 11.0. The lowest BCUT2D eigenvalue weighted by Gasteiger charge is -2.37. The van der Waals surface area contributed by atoms with Crippen LogP contribution in [0.1, 0.15) is 110 Å². The molecule has 0 aliphatic heterocycles. The maximum absolute atomic E-state index is 13.8. The third-order valence-electron chi connectivity index (χ3n) is 8.25. The molecule has 3 saturated carbocycles. The Labute approximate surface area is 168 Å². The number of ketones is 1. The SMILES string of the molecule is CCCCC1CCCC2CCCCC(CC2)C1C(=O)C1CCC(OC)CC1. The highest BCUT2D eigenvalue weighted by Gasteiger charge is 2.40. The van der Waals surface area contributed by atoms with Crippen molar-refractivity contribution < 1.29 is 9.53 Å². The van der Waals surface area contributed by atoms with Gasteiger partial charge in [0.2, 0.25) is 0 Å². The average Bonchev–Trinajstić information content (AvgIpc) is 2.73. The summed E-state index contributed by atoms with van der Waals surface area (Å²) in [6.45, 7) is 2.31. The second-order valence-corrected chi connectivity index (χ2v) is 9.96. The molecular formula is C25H44O2. The quantitative estimate of drug-likeness (QED) is 0.501. The molecule has 0 heterocycles. The Morgan fingerprint density at radius 3 is 2.33 bits per heavy atom. The number of rotatable bonds is 6. The Morgan fingerprint density at radius 1 is 0.852 bits per heavy atom. The van der Waals surface area contributed by atoms with Gasteiger partial charge < -0.3 is 4.74 Å². The minimum Gasteiger partial charge on any atom is -0.381 e. The van der Waals surface area contributed by atoms with Crippen LogP contribution in [0, 0.1) is 29.6 Å². The topological polar surface area (TPSA) is 26.3 Å². The van der Waals surface area contributed by atoms with Crippen molar-refractivity contribution in [1.29, 1.82) is 0 Å². The van der Waals surface area contributed by atoms with Gasteiger partial charge in [-0.2, -0.15) is 0 Å². The van der Waals surface area contributed by atoms with Crippen molar-refractivity contribution in [2.45, 2.75) is 116 Å². The molecule has 0 amide bonds. The molecular weight excluding hydrogens is 332 g/mol. The minimum absolute atomic E-state index is 0.326. The molecule has 3 aliphatic rings. The minimum atomic E-state index is 0.326. The van der Waals surface area contributed by atoms with Gasteiger partial charge in [0.25, 0.3) is 0 Å². The van der Waals surface area contributed by atoms with Crippen molar-refractivity contribution in [3.63, 3.8) is 0 Å². The first-order valence-corrected chi connectivity index (χ1v) is 12.3. The molecule has 0 aromatic carbocycles. The summed E-state index contributed by atoms with van der Waals surface area (Å²) in [5.41, 5.74) is 0.